The van der Waals surface area contributed by atoms with Crippen molar-refractivity contribution >= 4 is 23.5 Å². The van der Waals surface area contributed by atoms with E-state index in [2.05, 4.69) is 12.2 Å². The Morgan fingerprint density at radius 2 is 2.19 bits per heavy atom. The van der Waals surface area contributed by atoms with Crippen LogP contribution in [0.4, 0.5) is 0 Å². The van der Waals surface area contributed by atoms with Crippen molar-refractivity contribution in [3.63, 3.8) is 0 Å². The molecule has 1 saturated heterocycles. The molecule has 0 spiro atoms. The third-order valence-corrected chi connectivity index (χ3v) is 4.78. The molecule has 0 aromatic heterocycles. The Labute approximate surface area is 98.8 Å². The second-order valence-corrected chi connectivity index (χ2v) is 5.21. The average Bonchev–Trinajstić information content (AvgIpc) is 2.51. The fourth-order valence-electron chi connectivity index (χ4n) is 3.51. The lowest BCUT2D eigenvalue weighted by Gasteiger charge is -2.37. The van der Waals surface area contributed by atoms with Gasteiger partial charge in [-0.15, -0.1) is 11.6 Å². The van der Waals surface area contributed by atoms with Crippen molar-refractivity contribution in [2.75, 3.05) is 5.88 Å². The highest BCUT2D eigenvalue weighted by molar-refractivity contribution is 6.21. The standard InChI is InChI=1S/C12H13ClO3/c13-6-12-8-3-1-2-7(4-5-8)9(12)10(14)16-11(12)15/h4-5,7-9H,1-3,6H2/t7-,8+,9?,12-/m0/s1. The first-order valence-corrected chi connectivity index (χ1v) is 6.24. The number of esters is 2. The topological polar surface area (TPSA) is 43.4 Å². The van der Waals surface area contributed by atoms with Crippen LogP contribution in [0.25, 0.3) is 0 Å². The minimum Gasteiger partial charge on any atom is -0.392 e. The van der Waals surface area contributed by atoms with Crippen LogP contribution in [0, 0.1) is 23.2 Å². The average molecular weight is 241 g/mol. The van der Waals surface area contributed by atoms with E-state index in [1.54, 1.807) is 0 Å². The minimum absolute atomic E-state index is 0.0766. The molecule has 2 fully saturated rings. The maximum absolute atomic E-state index is 12.0. The monoisotopic (exact) mass is 240 g/mol. The van der Waals surface area contributed by atoms with Gasteiger partial charge in [-0.25, -0.2) is 0 Å². The summed E-state index contributed by atoms with van der Waals surface area (Å²) in [6, 6.07) is 0. The summed E-state index contributed by atoms with van der Waals surface area (Å²) >= 11 is 6.01. The quantitative estimate of drug-likeness (QED) is 0.304. The van der Waals surface area contributed by atoms with Crippen LogP contribution in [0.15, 0.2) is 12.2 Å². The molecule has 0 aromatic carbocycles. The molecule has 1 unspecified atom stereocenters. The summed E-state index contributed by atoms with van der Waals surface area (Å²) in [6.07, 6.45) is 7.08. The Hall–Kier alpha value is -0.830. The van der Waals surface area contributed by atoms with Crippen molar-refractivity contribution in [2.24, 2.45) is 23.2 Å². The van der Waals surface area contributed by atoms with E-state index >= 15 is 0 Å². The van der Waals surface area contributed by atoms with E-state index in [1.807, 2.05) is 0 Å². The first kappa shape index (κ1) is 10.3. The van der Waals surface area contributed by atoms with E-state index in [0.29, 0.717) is 0 Å². The van der Waals surface area contributed by atoms with Crippen molar-refractivity contribution in [1.29, 1.82) is 0 Å². The van der Waals surface area contributed by atoms with Gasteiger partial charge in [-0.1, -0.05) is 18.6 Å². The molecule has 4 aliphatic rings. The molecule has 0 N–H and O–H groups in total. The summed E-state index contributed by atoms with van der Waals surface area (Å²) < 4.78 is 4.84. The van der Waals surface area contributed by atoms with Gasteiger partial charge in [0.05, 0.1) is 5.92 Å². The molecular formula is C12H13ClO3. The predicted molar refractivity (Wildman–Crippen MR) is 57.7 cm³/mol. The van der Waals surface area contributed by atoms with Crippen molar-refractivity contribution in [3.05, 3.63) is 12.2 Å². The number of carbonyl (C=O) groups excluding carboxylic acids is 2. The molecule has 16 heavy (non-hydrogen) atoms. The van der Waals surface area contributed by atoms with Gasteiger partial charge < -0.3 is 4.74 Å². The van der Waals surface area contributed by atoms with Crippen LogP contribution >= 0.6 is 11.6 Å². The van der Waals surface area contributed by atoms with Gasteiger partial charge in [-0.3, -0.25) is 9.59 Å². The molecule has 3 aliphatic carbocycles. The molecule has 1 aliphatic heterocycles. The van der Waals surface area contributed by atoms with Gasteiger partial charge in [-0.05, 0) is 24.7 Å². The van der Waals surface area contributed by atoms with Crippen LogP contribution in [-0.2, 0) is 14.3 Å². The third kappa shape index (κ3) is 1.05. The molecule has 4 rings (SSSR count). The highest BCUT2D eigenvalue weighted by Gasteiger charge is 2.64. The van der Waals surface area contributed by atoms with Crippen LogP contribution in [0.2, 0.25) is 0 Å². The molecule has 3 nitrogen and oxygen atoms in total. The van der Waals surface area contributed by atoms with Crippen molar-refractivity contribution in [3.8, 4) is 0 Å². The Balaban J connectivity index is 2.16. The Morgan fingerprint density at radius 1 is 1.38 bits per heavy atom. The first-order valence-electron chi connectivity index (χ1n) is 5.70. The summed E-state index contributed by atoms with van der Waals surface area (Å²) in [4.78, 5) is 23.7. The summed E-state index contributed by atoms with van der Waals surface area (Å²) in [5, 5.41) is 0. The van der Waals surface area contributed by atoms with Gasteiger partial charge in [0.25, 0.3) is 0 Å². The second-order valence-electron chi connectivity index (χ2n) is 4.95. The zero-order valence-corrected chi connectivity index (χ0v) is 9.57. The number of fused-ring (bicyclic) bond motifs is 2. The Kier molecular flexibility index (Phi) is 2.15. The number of halogens is 1. The molecule has 0 radical (unpaired) electrons. The van der Waals surface area contributed by atoms with E-state index in [-0.39, 0.29) is 29.6 Å². The summed E-state index contributed by atoms with van der Waals surface area (Å²) in [6.45, 7) is 0. The van der Waals surface area contributed by atoms with Gasteiger partial charge in [0, 0.05) is 5.88 Å². The third-order valence-electron chi connectivity index (χ3n) is 4.34. The van der Waals surface area contributed by atoms with Gasteiger partial charge >= 0.3 is 11.9 Å². The smallest absolute Gasteiger partial charge is 0.322 e. The normalized spacial score (nSPS) is 45.4. The molecule has 4 heteroatoms. The Morgan fingerprint density at radius 3 is 2.94 bits per heavy atom. The zero-order valence-electron chi connectivity index (χ0n) is 8.82. The molecule has 0 amide bonds. The number of ether oxygens (including phenoxy) is 1. The van der Waals surface area contributed by atoms with Crippen LogP contribution in [0.5, 0.6) is 0 Å². The molecule has 86 valence electrons. The number of cyclic esters (lactones) is 2. The second kappa shape index (κ2) is 3.33. The van der Waals surface area contributed by atoms with Gasteiger partial charge in [0.2, 0.25) is 0 Å². The lowest BCUT2D eigenvalue weighted by Crippen LogP contribution is -2.45. The molecule has 4 atom stereocenters. The van der Waals surface area contributed by atoms with Crippen LogP contribution < -0.4 is 0 Å². The highest BCUT2D eigenvalue weighted by atomic mass is 35.5. The van der Waals surface area contributed by atoms with Crippen LogP contribution in [0.1, 0.15) is 19.3 Å². The number of hydrogen-bond acceptors (Lipinski definition) is 3. The van der Waals surface area contributed by atoms with E-state index < -0.39 is 11.4 Å². The van der Waals surface area contributed by atoms with Crippen molar-refractivity contribution < 1.29 is 14.3 Å². The summed E-state index contributed by atoms with van der Waals surface area (Å²) in [7, 11) is 0. The molecular weight excluding hydrogens is 228 g/mol. The molecule has 1 saturated carbocycles. The van der Waals surface area contributed by atoms with Crippen LogP contribution in [-0.4, -0.2) is 17.8 Å². The zero-order chi connectivity index (χ0) is 11.3. The molecule has 0 aromatic rings. The van der Waals surface area contributed by atoms with Gasteiger partial charge in [0.15, 0.2) is 0 Å². The number of alkyl halides is 1. The lowest BCUT2D eigenvalue weighted by atomic mass is 9.62. The van der Waals surface area contributed by atoms with Crippen molar-refractivity contribution in [1.82, 2.24) is 0 Å². The lowest BCUT2D eigenvalue weighted by molar-refractivity contribution is -0.155. The molecule has 1 heterocycles. The van der Waals surface area contributed by atoms with E-state index in [0.717, 1.165) is 19.3 Å². The fraction of sp³-hybridized carbons (Fsp3) is 0.667. The largest absolute Gasteiger partial charge is 0.392 e. The maximum atomic E-state index is 12.0. The van der Waals surface area contributed by atoms with E-state index in [9.17, 15) is 9.59 Å². The van der Waals surface area contributed by atoms with Crippen molar-refractivity contribution in [2.45, 2.75) is 19.3 Å². The highest BCUT2D eigenvalue weighted by Crippen LogP contribution is 2.55. The predicted octanol–water partition coefficient (Wildman–Crippen LogP) is 1.90. The minimum atomic E-state index is -0.769. The van der Waals surface area contributed by atoms with E-state index in [4.69, 9.17) is 16.3 Å². The first-order chi connectivity index (χ1) is 7.70. The van der Waals surface area contributed by atoms with Gasteiger partial charge in [0.1, 0.15) is 5.41 Å². The maximum Gasteiger partial charge on any atom is 0.322 e. The van der Waals surface area contributed by atoms with E-state index in [1.165, 1.54) is 0 Å². The number of rotatable bonds is 1. The SMILES string of the molecule is O=C1OC(=O)[C@]2(CCl)C1[C@@H]1C=C[C@H]2CCC1. The number of allylic oxidation sites excluding steroid dienone is 2. The molecule has 2 bridgehead atoms. The van der Waals surface area contributed by atoms with Gasteiger partial charge in [-0.2, -0.15) is 0 Å². The number of carbonyl (C=O) groups is 2. The fourth-order valence-corrected chi connectivity index (χ4v) is 3.99. The Bertz CT molecular complexity index is 390. The number of hydrogen-bond donors (Lipinski definition) is 0. The summed E-state index contributed by atoms with van der Waals surface area (Å²) in [5.41, 5.74) is -0.769. The summed E-state index contributed by atoms with van der Waals surface area (Å²) in [5.74, 6) is -0.710. The van der Waals surface area contributed by atoms with Crippen LogP contribution in [0.3, 0.4) is 0 Å².